The molecule has 19 heavy (non-hydrogen) atoms. The van der Waals surface area contributed by atoms with Gasteiger partial charge >= 0.3 is 0 Å². The number of fused-ring (bicyclic) bond motifs is 1. The molecule has 1 aromatic heterocycles. The van der Waals surface area contributed by atoms with Crippen LogP contribution < -0.4 is 5.43 Å². The van der Waals surface area contributed by atoms with Gasteiger partial charge in [0.1, 0.15) is 0 Å². The normalized spacial score (nSPS) is 12.5. The number of aromatic amines is 1. The van der Waals surface area contributed by atoms with Gasteiger partial charge < -0.3 is 4.98 Å². The molecule has 0 bridgehead atoms. The first-order chi connectivity index (χ1) is 9.19. The van der Waals surface area contributed by atoms with Gasteiger partial charge in [0.2, 0.25) is 0 Å². The number of aromatic nitrogens is 1. The SMILES string of the molecule is C/C=C\C(=C/C)c1cc(=O)c2ccc(CC)cc2[nH]1. The number of aryl methyl sites for hydroxylation is 1. The Morgan fingerprint density at radius 3 is 2.68 bits per heavy atom. The van der Waals surface area contributed by atoms with Gasteiger partial charge in [0.15, 0.2) is 5.43 Å². The van der Waals surface area contributed by atoms with Gasteiger partial charge in [-0.3, -0.25) is 4.79 Å². The fraction of sp³-hybridized carbons (Fsp3) is 0.235. The summed E-state index contributed by atoms with van der Waals surface area (Å²) in [5.41, 5.74) is 4.10. The van der Waals surface area contributed by atoms with Crippen LogP contribution >= 0.6 is 0 Å². The lowest BCUT2D eigenvalue weighted by Crippen LogP contribution is -2.04. The van der Waals surface area contributed by atoms with Gasteiger partial charge in [0, 0.05) is 22.7 Å². The average Bonchev–Trinajstić information content (AvgIpc) is 2.43. The molecule has 2 rings (SSSR count). The maximum absolute atomic E-state index is 12.2. The minimum atomic E-state index is 0.0651. The summed E-state index contributed by atoms with van der Waals surface area (Å²) in [5, 5.41) is 0.747. The third kappa shape index (κ3) is 2.68. The Labute approximate surface area is 113 Å². The predicted molar refractivity (Wildman–Crippen MR) is 82.4 cm³/mol. The third-order valence-electron chi connectivity index (χ3n) is 3.27. The molecule has 0 atom stereocenters. The second-order valence-electron chi connectivity index (χ2n) is 4.52. The molecular weight excluding hydrogens is 234 g/mol. The molecule has 0 aliphatic carbocycles. The number of nitrogens with one attached hydrogen (secondary N) is 1. The van der Waals surface area contributed by atoms with Crippen molar-refractivity contribution in [1.29, 1.82) is 0 Å². The smallest absolute Gasteiger partial charge is 0.190 e. The molecular formula is C17H19NO. The van der Waals surface area contributed by atoms with Gasteiger partial charge in [-0.15, -0.1) is 0 Å². The van der Waals surface area contributed by atoms with Gasteiger partial charge in [-0.2, -0.15) is 0 Å². The highest BCUT2D eigenvalue weighted by molar-refractivity contribution is 5.83. The standard InChI is InChI=1S/C17H19NO/c1-4-7-13(6-3)15-11-17(19)14-9-8-12(5-2)10-16(14)18-15/h4,6-11H,5H2,1-3H3,(H,18,19)/b7-4-,13-6+. The van der Waals surface area contributed by atoms with Gasteiger partial charge in [-0.1, -0.05) is 31.2 Å². The minimum absolute atomic E-state index is 0.0651. The number of allylic oxidation sites excluding steroid dienone is 4. The minimum Gasteiger partial charge on any atom is -0.354 e. The van der Waals surface area contributed by atoms with Crippen LogP contribution in [0.3, 0.4) is 0 Å². The highest BCUT2D eigenvalue weighted by Gasteiger charge is 2.04. The molecule has 1 heterocycles. The van der Waals surface area contributed by atoms with Crippen LogP contribution in [0.2, 0.25) is 0 Å². The van der Waals surface area contributed by atoms with E-state index in [0.717, 1.165) is 28.6 Å². The van der Waals surface area contributed by atoms with Crippen molar-refractivity contribution >= 4 is 16.5 Å². The molecule has 0 aliphatic rings. The lowest BCUT2D eigenvalue weighted by molar-refractivity contribution is 1.14. The highest BCUT2D eigenvalue weighted by atomic mass is 16.1. The van der Waals surface area contributed by atoms with Crippen LogP contribution in [-0.4, -0.2) is 4.98 Å². The largest absolute Gasteiger partial charge is 0.354 e. The summed E-state index contributed by atoms with van der Waals surface area (Å²) in [6, 6.07) is 7.65. The molecule has 0 radical (unpaired) electrons. The van der Waals surface area contributed by atoms with E-state index in [1.165, 1.54) is 5.56 Å². The van der Waals surface area contributed by atoms with Gasteiger partial charge in [0.05, 0.1) is 0 Å². The van der Waals surface area contributed by atoms with E-state index in [-0.39, 0.29) is 5.43 Å². The number of pyridine rings is 1. The Morgan fingerprint density at radius 1 is 1.26 bits per heavy atom. The fourth-order valence-corrected chi connectivity index (χ4v) is 2.20. The fourth-order valence-electron chi connectivity index (χ4n) is 2.20. The first-order valence-corrected chi connectivity index (χ1v) is 6.65. The van der Waals surface area contributed by atoms with E-state index in [1.54, 1.807) is 6.07 Å². The second-order valence-corrected chi connectivity index (χ2v) is 4.52. The molecule has 0 amide bonds. The monoisotopic (exact) mass is 253 g/mol. The Balaban J connectivity index is 2.69. The zero-order chi connectivity index (χ0) is 13.8. The maximum Gasteiger partial charge on any atom is 0.190 e. The average molecular weight is 253 g/mol. The number of hydrogen-bond acceptors (Lipinski definition) is 1. The van der Waals surface area contributed by atoms with Crippen molar-refractivity contribution in [3.05, 3.63) is 64.0 Å². The molecule has 0 spiro atoms. The van der Waals surface area contributed by atoms with E-state index in [1.807, 2.05) is 44.2 Å². The van der Waals surface area contributed by atoms with Crippen molar-refractivity contribution < 1.29 is 0 Å². The lowest BCUT2D eigenvalue weighted by atomic mass is 10.1. The summed E-state index contributed by atoms with van der Waals surface area (Å²) in [7, 11) is 0. The quantitative estimate of drug-likeness (QED) is 0.822. The number of benzene rings is 1. The first-order valence-electron chi connectivity index (χ1n) is 6.65. The van der Waals surface area contributed by atoms with Crippen LogP contribution in [-0.2, 0) is 6.42 Å². The summed E-state index contributed by atoms with van der Waals surface area (Å²) in [5.74, 6) is 0. The van der Waals surface area contributed by atoms with Crippen molar-refractivity contribution in [1.82, 2.24) is 4.98 Å². The van der Waals surface area contributed by atoms with Crippen molar-refractivity contribution in [2.24, 2.45) is 0 Å². The third-order valence-corrected chi connectivity index (χ3v) is 3.27. The topological polar surface area (TPSA) is 32.9 Å². The first kappa shape index (κ1) is 13.3. The second kappa shape index (κ2) is 5.70. The van der Waals surface area contributed by atoms with Gasteiger partial charge in [-0.25, -0.2) is 0 Å². The van der Waals surface area contributed by atoms with Crippen LogP contribution in [0, 0.1) is 0 Å². The molecule has 0 aliphatic heterocycles. The lowest BCUT2D eigenvalue weighted by Gasteiger charge is -2.06. The van der Waals surface area contributed by atoms with E-state index >= 15 is 0 Å². The van der Waals surface area contributed by atoms with Crippen molar-refractivity contribution in [3.8, 4) is 0 Å². The summed E-state index contributed by atoms with van der Waals surface area (Å²) in [6.45, 7) is 6.05. The Hall–Kier alpha value is -2.09. The zero-order valence-electron chi connectivity index (χ0n) is 11.7. The van der Waals surface area contributed by atoms with E-state index in [2.05, 4.69) is 18.0 Å². The van der Waals surface area contributed by atoms with Crippen molar-refractivity contribution in [2.45, 2.75) is 27.2 Å². The van der Waals surface area contributed by atoms with Gasteiger partial charge in [-0.05, 0) is 43.5 Å². The summed E-state index contributed by atoms with van der Waals surface area (Å²) in [6.07, 6.45) is 6.94. The predicted octanol–water partition coefficient (Wildman–Crippen LogP) is 4.07. The van der Waals surface area contributed by atoms with E-state index in [0.29, 0.717) is 0 Å². The van der Waals surface area contributed by atoms with Crippen LogP contribution in [0.1, 0.15) is 32.0 Å². The molecule has 2 heteroatoms. The van der Waals surface area contributed by atoms with E-state index in [4.69, 9.17) is 0 Å². The molecule has 2 nitrogen and oxygen atoms in total. The highest BCUT2D eigenvalue weighted by Crippen LogP contribution is 2.17. The summed E-state index contributed by atoms with van der Waals surface area (Å²) < 4.78 is 0. The Morgan fingerprint density at radius 2 is 2.05 bits per heavy atom. The molecule has 0 saturated carbocycles. The van der Waals surface area contributed by atoms with Crippen molar-refractivity contribution in [3.63, 3.8) is 0 Å². The molecule has 0 unspecified atom stereocenters. The van der Waals surface area contributed by atoms with E-state index in [9.17, 15) is 4.79 Å². The van der Waals surface area contributed by atoms with Crippen LogP contribution in [0.5, 0.6) is 0 Å². The van der Waals surface area contributed by atoms with Crippen molar-refractivity contribution in [2.75, 3.05) is 0 Å². The summed E-state index contributed by atoms with van der Waals surface area (Å²) in [4.78, 5) is 15.5. The molecule has 98 valence electrons. The van der Waals surface area contributed by atoms with Crippen LogP contribution in [0.4, 0.5) is 0 Å². The van der Waals surface area contributed by atoms with Crippen LogP contribution in [0.15, 0.2) is 47.3 Å². The zero-order valence-corrected chi connectivity index (χ0v) is 11.7. The van der Waals surface area contributed by atoms with Gasteiger partial charge in [0.25, 0.3) is 0 Å². The Bertz CT molecular complexity index is 705. The van der Waals surface area contributed by atoms with Crippen LogP contribution in [0.25, 0.3) is 16.5 Å². The molecule has 0 fully saturated rings. The number of H-pyrrole nitrogens is 1. The number of hydrogen-bond donors (Lipinski definition) is 1. The summed E-state index contributed by atoms with van der Waals surface area (Å²) >= 11 is 0. The molecule has 2 aromatic rings. The Kier molecular flexibility index (Phi) is 4.00. The molecule has 1 aromatic carbocycles. The maximum atomic E-state index is 12.2. The number of rotatable bonds is 3. The van der Waals surface area contributed by atoms with E-state index < -0.39 is 0 Å². The molecule has 1 N–H and O–H groups in total. The molecule has 0 saturated heterocycles.